The molecule has 1 aromatic rings. The predicted molar refractivity (Wildman–Crippen MR) is 98.9 cm³/mol. The molecule has 1 N–H and O–H groups in total. The van der Waals surface area contributed by atoms with Crippen molar-refractivity contribution in [2.45, 2.75) is 66.8 Å². The molecule has 1 heterocycles. The molecule has 1 aromatic heterocycles. The minimum Gasteiger partial charge on any atom is -0.461 e. The average Bonchev–Trinajstić information content (AvgIpc) is 2.67. The first kappa shape index (κ1) is 19.5. The molecule has 2 atom stereocenters. The van der Waals surface area contributed by atoms with Gasteiger partial charge in [0.15, 0.2) is 0 Å². The highest BCUT2D eigenvalue weighted by atomic mass is 16.5. The number of carbonyl (C=O) groups excluding carboxylic acids is 2. The van der Waals surface area contributed by atoms with Gasteiger partial charge in [0.2, 0.25) is 0 Å². The summed E-state index contributed by atoms with van der Waals surface area (Å²) in [5.41, 5.74) is 2.79. The Bertz CT molecular complexity index is 673. The number of amides is 1. The number of hydrogen-bond donors (Lipinski definition) is 1. The van der Waals surface area contributed by atoms with Crippen LogP contribution in [0.4, 0.5) is 0 Å². The van der Waals surface area contributed by atoms with E-state index in [1.54, 1.807) is 18.5 Å². The Balaban J connectivity index is 2.25. The Kier molecular flexibility index (Phi) is 5.65. The lowest BCUT2D eigenvalue weighted by atomic mass is 9.70. The maximum absolute atomic E-state index is 12.9. The zero-order valence-electron chi connectivity index (χ0n) is 16.7. The fourth-order valence-electron chi connectivity index (χ4n) is 4.51. The van der Waals surface area contributed by atoms with Crippen LogP contribution in [0.2, 0.25) is 0 Å². The first-order chi connectivity index (χ1) is 11.6. The van der Waals surface area contributed by atoms with Crippen LogP contribution in [-0.2, 0) is 11.8 Å². The van der Waals surface area contributed by atoms with E-state index in [1.807, 2.05) is 13.8 Å². The molecular weight excluding hydrogens is 316 g/mol. The van der Waals surface area contributed by atoms with E-state index in [0.29, 0.717) is 29.3 Å². The van der Waals surface area contributed by atoms with E-state index in [-0.39, 0.29) is 23.3 Å². The first-order valence-corrected chi connectivity index (χ1v) is 9.21. The van der Waals surface area contributed by atoms with Crippen LogP contribution < -0.4 is 5.32 Å². The number of esters is 1. The molecule has 2 rings (SSSR count). The number of rotatable bonds is 4. The van der Waals surface area contributed by atoms with Gasteiger partial charge in [0, 0.05) is 18.8 Å². The van der Waals surface area contributed by atoms with Crippen molar-refractivity contribution in [1.82, 2.24) is 9.88 Å². The molecule has 0 radical (unpaired) electrons. The van der Waals surface area contributed by atoms with Crippen LogP contribution in [0, 0.1) is 25.2 Å². The van der Waals surface area contributed by atoms with Gasteiger partial charge in [0.1, 0.15) is 5.69 Å². The molecule has 1 amide bonds. The Morgan fingerprint density at radius 2 is 1.92 bits per heavy atom. The fraction of sp³-hybridized carbons (Fsp3) is 0.700. The van der Waals surface area contributed by atoms with Crippen molar-refractivity contribution in [3.8, 4) is 0 Å². The van der Waals surface area contributed by atoms with E-state index in [0.717, 1.165) is 18.5 Å². The van der Waals surface area contributed by atoms with Gasteiger partial charge in [0.05, 0.1) is 12.2 Å². The molecule has 0 saturated heterocycles. The van der Waals surface area contributed by atoms with Crippen LogP contribution in [0.5, 0.6) is 0 Å². The fourth-order valence-corrected chi connectivity index (χ4v) is 4.51. The first-order valence-electron chi connectivity index (χ1n) is 9.21. The van der Waals surface area contributed by atoms with Gasteiger partial charge in [-0.25, -0.2) is 4.79 Å². The smallest absolute Gasteiger partial charge is 0.355 e. The molecule has 25 heavy (non-hydrogen) atoms. The number of hydrogen-bond acceptors (Lipinski definition) is 3. The molecule has 1 saturated carbocycles. The van der Waals surface area contributed by atoms with Gasteiger partial charge < -0.3 is 14.6 Å². The lowest BCUT2D eigenvalue weighted by molar-refractivity contribution is 0.0514. The summed E-state index contributed by atoms with van der Waals surface area (Å²) < 4.78 is 6.90. The molecule has 140 valence electrons. The largest absolute Gasteiger partial charge is 0.461 e. The highest BCUT2D eigenvalue weighted by Gasteiger charge is 2.34. The third kappa shape index (κ3) is 4.07. The molecule has 2 unspecified atom stereocenters. The lowest BCUT2D eigenvalue weighted by Gasteiger charge is -2.39. The minimum atomic E-state index is -0.378. The maximum atomic E-state index is 12.9. The van der Waals surface area contributed by atoms with Crippen LogP contribution in [0.3, 0.4) is 0 Å². The van der Waals surface area contributed by atoms with Gasteiger partial charge in [-0.05, 0) is 56.9 Å². The predicted octanol–water partition coefficient (Wildman–Crippen LogP) is 3.76. The van der Waals surface area contributed by atoms with E-state index >= 15 is 0 Å². The van der Waals surface area contributed by atoms with Gasteiger partial charge >= 0.3 is 5.97 Å². The Hall–Kier alpha value is -1.78. The van der Waals surface area contributed by atoms with Gasteiger partial charge in [-0.15, -0.1) is 0 Å². The summed E-state index contributed by atoms with van der Waals surface area (Å²) in [5.74, 6) is 0.134. The Morgan fingerprint density at radius 1 is 1.28 bits per heavy atom. The zero-order chi connectivity index (χ0) is 18.9. The SMILES string of the molecule is CCOC(=O)c1c(C)c(C(=O)NC2CC(C)CC(C)(C)C2)c(C)n1C. The van der Waals surface area contributed by atoms with Crippen molar-refractivity contribution in [3.63, 3.8) is 0 Å². The third-order valence-electron chi connectivity index (χ3n) is 5.35. The number of carbonyl (C=O) groups is 2. The summed E-state index contributed by atoms with van der Waals surface area (Å²) in [6, 6.07) is 0.177. The second-order valence-electron chi connectivity index (χ2n) is 8.30. The number of nitrogens with zero attached hydrogens (tertiary/aromatic N) is 1. The van der Waals surface area contributed by atoms with Crippen molar-refractivity contribution in [2.24, 2.45) is 18.4 Å². The van der Waals surface area contributed by atoms with Crippen molar-refractivity contribution < 1.29 is 14.3 Å². The third-order valence-corrected chi connectivity index (χ3v) is 5.35. The maximum Gasteiger partial charge on any atom is 0.355 e. The molecule has 1 aliphatic rings. The molecule has 0 aromatic carbocycles. The van der Waals surface area contributed by atoms with Crippen LogP contribution in [0.1, 0.15) is 79.1 Å². The van der Waals surface area contributed by atoms with Crippen molar-refractivity contribution in [2.75, 3.05) is 6.61 Å². The van der Waals surface area contributed by atoms with Gasteiger partial charge in [0.25, 0.3) is 5.91 Å². The Labute approximate surface area is 151 Å². The summed E-state index contributed by atoms with van der Waals surface area (Å²) in [6.45, 7) is 12.6. The van der Waals surface area contributed by atoms with Crippen LogP contribution in [-0.4, -0.2) is 29.1 Å². The topological polar surface area (TPSA) is 60.3 Å². The standard InChI is InChI=1S/C20H32N2O3/c1-8-25-19(24)17-13(3)16(14(4)22(17)7)18(23)21-15-9-12(2)10-20(5,6)11-15/h12,15H,8-11H2,1-7H3,(H,21,23). The summed E-state index contributed by atoms with van der Waals surface area (Å²) in [6.07, 6.45) is 3.18. The van der Waals surface area contributed by atoms with Crippen LogP contribution in [0.15, 0.2) is 0 Å². The van der Waals surface area contributed by atoms with Gasteiger partial charge in [-0.2, -0.15) is 0 Å². The number of ether oxygens (including phenoxy) is 1. The van der Waals surface area contributed by atoms with E-state index in [1.165, 1.54) is 6.42 Å². The molecule has 0 aliphatic heterocycles. The van der Waals surface area contributed by atoms with Gasteiger partial charge in [-0.1, -0.05) is 20.8 Å². The molecule has 0 spiro atoms. The lowest BCUT2D eigenvalue weighted by Crippen LogP contribution is -2.43. The second-order valence-corrected chi connectivity index (χ2v) is 8.30. The molecule has 5 heteroatoms. The van der Waals surface area contributed by atoms with E-state index in [9.17, 15) is 9.59 Å². The van der Waals surface area contributed by atoms with Crippen molar-refractivity contribution in [3.05, 3.63) is 22.5 Å². The molecule has 1 aliphatic carbocycles. The van der Waals surface area contributed by atoms with Crippen molar-refractivity contribution >= 4 is 11.9 Å². The zero-order valence-corrected chi connectivity index (χ0v) is 16.7. The monoisotopic (exact) mass is 348 g/mol. The van der Waals surface area contributed by atoms with E-state index in [4.69, 9.17) is 4.74 Å². The van der Waals surface area contributed by atoms with Crippen molar-refractivity contribution in [1.29, 1.82) is 0 Å². The highest BCUT2D eigenvalue weighted by molar-refractivity contribution is 6.01. The van der Waals surface area contributed by atoms with Gasteiger partial charge in [-0.3, -0.25) is 4.79 Å². The summed E-state index contributed by atoms with van der Waals surface area (Å²) in [7, 11) is 1.80. The van der Waals surface area contributed by atoms with E-state index in [2.05, 4.69) is 26.1 Å². The highest BCUT2D eigenvalue weighted by Crippen LogP contribution is 2.38. The molecule has 1 fully saturated rings. The minimum absolute atomic E-state index is 0.0870. The molecule has 5 nitrogen and oxygen atoms in total. The summed E-state index contributed by atoms with van der Waals surface area (Å²) >= 11 is 0. The summed E-state index contributed by atoms with van der Waals surface area (Å²) in [4.78, 5) is 25.2. The second kappa shape index (κ2) is 7.22. The number of aromatic nitrogens is 1. The number of nitrogens with one attached hydrogen (secondary N) is 1. The van der Waals surface area contributed by atoms with Crippen LogP contribution in [0.25, 0.3) is 0 Å². The van der Waals surface area contributed by atoms with E-state index < -0.39 is 0 Å². The molecular formula is C20H32N2O3. The quantitative estimate of drug-likeness (QED) is 0.843. The Morgan fingerprint density at radius 3 is 2.48 bits per heavy atom. The normalized spacial score (nSPS) is 22.5. The molecule has 0 bridgehead atoms. The average molecular weight is 348 g/mol. The van der Waals surface area contributed by atoms with Crippen LogP contribution >= 0.6 is 0 Å². The summed E-state index contributed by atoms with van der Waals surface area (Å²) in [5, 5.41) is 3.21.